The zero-order valence-corrected chi connectivity index (χ0v) is 31.8. The second-order valence-corrected chi connectivity index (χ2v) is 15.6. The van der Waals surface area contributed by atoms with Crippen molar-refractivity contribution in [1.29, 1.82) is 0 Å². The van der Waals surface area contributed by atoms with E-state index in [1.807, 2.05) is 0 Å². The van der Waals surface area contributed by atoms with Gasteiger partial charge in [0.25, 0.3) is 0 Å². The Morgan fingerprint density at radius 2 is 1.18 bits per heavy atom. The maximum atomic E-state index is 2.42. The molecular formula is C55H40N2. The molecule has 0 amide bonds. The smallest absolute Gasteiger partial charge is 0.0782 e. The molecule has 9 aromatic rings. The van der Waals surface area contributed by atoms with E-state index in [0.29, 0.717) is 0 Å². The van der Waals surface area contributed by atoms with E-state index in [0.717, 1.165) is 29.2 Å². The molecule has 57 heavy (non-hydrogen) atoms. The number of nitrogens with zero attached hydrogens (tertiary/aromatic N) is 2. The SMILES string of the molecule is CC12C=Cc3c(ccc4ccc(-c5ccc(N(c6ccc(-c7ccccc7)cc6)c6cccc7c8ccccc8n(-c8ccccc8)c67)cc5)cc34)C1=CC=CC2. The number of hydrogen-bond donors (Lipinski definition) is 0. The molecule has 1 heterocycles. The van der Waals surface area contributed by atoms with Crippen LogP contribution in [0.1, 0.15) is 24.5 Å². The molecule has 270 valence electrons. The van der Waals surface area contributed by atoms with Crippen molar-refractivity contribution in [2.45, 2.75) is 13.3 Å². The van der Waals surface area contributed by atoms with Gasteiger partial charge in [-0.1, -0.05) is 165 Å². The maximum absolute atomic E-state index is 2.42. The van der Waals surface area contributed by atoms with Crippen LogP contribution in [0.2, 0.25) is 0 Å². The molecule has 8 aromatic carbocycles. The largest absolute Gasteiger partial charge is 0.308 e. The topological polar surface area (TPSA) is 8.17 Å². The van der Waals surface area contributed by atoms with Gasteiger partial charge in [0.1, 0.15) is 0 Å². The minimum absolute atomic E-state index is 0.0520. The fourth-order valence-corrected chi connectivity index (χ4v) is 9.23. The lowest BCUT2D eigenvalue weighted by Crippen LogP contribution is -2.20. The van der Waals surface area contributed by atoms with Crippen LogP contribution in [0, 0.1) is 5.41 Å². The molecule has 2 nitrogen and oxygen atoms in total. The lowest BCUT2D eigenvalue weighted by atomic mass is 9.69. The second kappa shape index (κ2) is 13.3. The van der Waals surface area contributed by atoms with Crippen LogP contribution in [-0.2, 0) is 0 Å². The van der Waals surface area contributed by atoms with Crippen molar-refractivity contribution in [3.05, 3.63) is 217 Å². The van der Waals surface area contributed by atoms with Crippen LogP contribution in [0.15, 0.2) is 206 Å². The van der Waals surface area contributed by atoms with E-state index >= 15 is 0 Å². The highest BCUT2D eigenvalue weighted by molar-refractivity contribution is 6.14. The molecule has 2 heteroatoms. The van der Waals surface area contributed by atoms with Crippen LogP contribution in [-0.4, -0.2) is 4.57 Å². The molecule has 0 spiro atoms. The Morgan fingerprint density at radius 3 is 1.95 bits per heavy atom. The summed E-state index contributed by atoms with van der Waals surface area (Å²) in [5, 5.41) is 5.02. The fraction of sp³-hybridized carbons (Fsp3) is 0.0545. The molecule has 0 saturated carbocycles. The Labute approximate surface area is 333 Å². The normalized spacial score (nSPS) is 15.8. The quantitative estimate of drug-likeness (QED) is 0.165. The first-order chi connectivity index (χ1) is 28.1. The molecule has 0 bridgehead atoms. The van der Waals surface area contributed by atoms with Gasteiger partial charge in [0.15, 0.2) is 0 Å². The van der Waals surface area contributed by atoms with Crippen LogP contribution in [0.25, 0.3) is 72.2 Å². The number of aromatic nitrogens is 1. The van der Waals surface area contributed by atoms with Gasteiger partial charge in [-0.2, -0.15) is 0 Å². The summed E-state index contributed by atoms with van der Waals surface area (Å²) in [4.78, 5) is 2.42. The first-order valence-electron chi connectivity index (χ1n) is 19.9. The number of fused-ring (bicyclic) bond motifs is 8. The first-order valence-corrected chi connectivity index (χ1v) is 19.9. The zero-order valence-electron chi connectivity index (χ0n) is 31.8. The highest BCUT2D eigenvalue weighted by Gasteiger charge is 2.32. The van der Waals surface area contributed by atoms with E-state index in [-0.39, 0.29) is 5.41 Å². The summed E-state index contributed by atoms with van der Waals surface area (Å²) in [6.45, 7) is 2.35. The number of rotatable bonds is 6. The number of para-hydroxylation sites is 3. The first kappa shape index (κ1) is 33.2. The Kier molecular flexibility index (Phi) is 7.72. The van der Waals surface area contributed by atoms with E-state index in [1.54, 1.807) is 0 Å². The van der Waals surface area contributed by atoms with E-state index in [9.17, 15) is 0 Å². The van der Waals surface area contributed by atoms with Crippen molar-refractivity contribution in [3.63, 3.8) is 0 Å². The lowest BCUT2D eigenvalue weighted by molar-refractivity contribution is 0.578. The van der Waals surface area contributed by atoms with Crippen molar-refractivity contribution < 1.29 is 0 Å². The number of allylic oxidation sites excluding steroid dienone is 5. The van der Waals surface area contributed by atoms with Gasteiger partial charge in [-0.3, -0.25) is 0 Å². The minimum atomic E-state index is 0.0520. The Balaban J connectivity index is 1.07. The van der Waals surface area contributed by atoms with Gasteiger partial charge >= 0.3 is 0 Å². The molecule has 0 aliphatic heterocycles. The van der Waals surface area contributed by atoms with E-state index < -0.39 is 0 Å². The molecule has 1 atom stereocenters. The Hall–Kier alpha value is -7.16. The molecule has 2 aliphatic rings. The zero-order chi connectivity index (χ0) is 37.9. The third-order valence-corrected chi connectivity index (χ3v) is 12.1. The van der Waals surface area contributed by atoms with E-state index in [2.05, 4.69) is 229 Å². The predicted octanol–water partition coefficient (Wildman–Crippen LogP) is 15.1. The van der Waals surface area contributed by atoms with Crippen LogP contribution in [0.4, 0.5) is 17.1 Å². The van der Waals surface area contributed by atoms with Gasteiger partial charge in [-0.15, -0.1) is 0 Å². The Bertz CT molecular complexity index is 3070. The lowest BCUT2D eigenvalue weighted by Gasteiger charge is -2.35. The molecule has 0 radical (unpaired) electrons. The van der Waals surface area contributed by atoms with Crippen molar-refractivity contribution in [2.24, 2.45) is 5.41 Å². The summed E-state index contributed by atoms with van der Waals surface area (Å²) in [5.41, 5.74) is 15.8. The second-order valence-electron chi connectivity index (χ2n) is 15.6. The summed E-state index contributed by atoms with van der Waals surface area (Å²) in [6, 6.07) is 66.5. The van der Waals surface area contributed by atoms with Crippen molar-refractivity contribution in [1.82, 2.24) is 4.57 Å². The number of benzene rings is 8. The summed E-state index contributed by atoms with van der Waals surface area (Å²) < 4.78 is 2.42. The molecule has 2 aliphatic carbocycles. The van der Waals surface area contributed by atoms with Crippen LogP contribution in [0.3, 0.4) is 0 Å². The monoisotopic (exact) mass is 728 g/mol. The summed E-state index contributed by atoms with van der Waals surface area (Å²) in [6.07, 6.45) is 12.6. The standard InChI is InChI=1S/C55H40N2/c1-55-35-11-10-19-51(55)47-33-28-41-22-23-42(37-50(41)46(47)34-36-55)40-26-31-45(32-27-40)56(44-29-24-39(25-30-44)38-13-4-2-5-14-38)53-21-12-18-49-48-17-8-9-20-52(48)57(54(49)53)43-15-6-3-7-16-43/h2-34,36-37H,35H2,1H3. The Morgan fingerprint density at radius 1 is 0.544 bits per heavy atom. The number of hydrogen-bond acceptors (Lipinski definition) is 1. The van der Waals surface area contributed by atoms with Gasteiger partial charge in [0.2, 0.25) is 0 Å². The molecule has 1 unspecified atom stereocenters. The van der Waals surface area contributed by atoms with Crippen LogP contribution >= 0.6 is 0 Å². The molecule has 1 aromatic heterocycles. The van der Waals surface area contributed by atoms with Crippen LogP contribution < -0.4 is 4.90 Å². The van der Waals surface area contributed by atoms with Gasteiger partial charge in [0.05, 0.1) is 16.7 Å². The molecular weight excluding hydrogens is 689 g/mol. The van der Waals surface area contributed by atoms with E-state index in [4.69, 9.17) is 0 Å². The molecule has 0 saturated heterocycles. The number of anilines is 3. The average Bonchev–Trinajstić information content (AvgIpc) is 3.62. The summed E-state index contributed by atoms with van der Waals surface area (Å²) in [5.74, 6) is 0. The molecule has 0 N–H and O–H groups in total. The third-order valence-electron chi connectivity index (χ3n) is 12.1. The minimum Gasteiger partial charge on any atom is -0.308 e. The predicted molar refractivity (Wildman–Crippen MR) is 243 cm³/mol. The van der Waals surface area contributed by atoms with Gasteiger partial charge in [0, 0.05) is 33.2 Å². The molecule has 0 fully saturated rings. The average molecular weight is 729 g/mol. The van der Waals surface area contributed by atoms with E-state index in [1.165, 1.54) is 71.5 Å². The molecule has 11 rings (SSSR count). The van der Waals surface area contributed by atoms with Gasteiger partial charge in [-0.05, 0) is 111 Å². The summed E-state index contributed by atoms with van der Waals surface area (Å²) in [7, 11) is 0. The maximum Gasteiger partial charge on any atom is 0.0782 e. The van der Waals surface area contributed by atoms with Crippen molar-refractivity contribution in [2.75, 3.05) is 4.90 Å². The third kappa shape index (κ3) is 5.48. The van der Waals surface area contributed by atoms with Gasteiger partial charge < -0.3 is 9.47 Å². The highest BCUT2D eigenvalue weighted by Crippen LogP contribution is 2.49. The fourth-order valence-electron chi connectivity index (χ4n) is 9.23. The van der Waals surface area contributed by atoms with Crippen LogP contribution in [0.5, 0.6) is 0 Å². The summed E-state index contributed by atoms with van der Waals surface area (Å²) >= 11 is 0. The van der Waals surface area contributed by atoms with Gasteiger partial charge in [-0.25, -0.2) is 0 Å². The van der Waals surface area contributed by atoms with Crippen molar-refractivity contribution in [3.8, 4) is 27.9 Å². The highest BCUT2D eigenvalue weighted by atomic mass is 15.2. The van der Waals surface area contributed by atoms with Crippen molar-refractivity contribution >= 4 is 61.3 Å².